The highest BCUT2D eigenvalue weighted by Gasteiger charge is 2.32. The minimum atomic E-state index is -0.877. The normalized spacial score (nSPS) is 15.6. The van der Waals surface area contributed by atoms with Crippen molar-refractivity contribution >= 4 is 5.97 Å². The van der Waals surface area contributed by atoms with Gasteiger partial charge in [-0.05, 0) is 13.3 Å². The van der Waals surface area contributed by atoms with Gasteiger partial charge >= 0.3 is 5.97 Å². The zero-order valence-electron chi connectivity index (χ0n) is 7.54. The second-order valence-corrected chi connectivity index (χ2v) is 3.09. The zero-order valence-corrected chi connectivity index (χ0v) is 7.54. The largest absolute Gasteiger partial charge is 0.481 e. The first kappa shape index (κ1) is 11.4. The summed E-state index contributed by atoms with van der Waals surface area (Å²) in [5.41, 5.74) is -0.864. The van der Waals surface area contributed by atoms with E-state index >= 15 is 0 Å². The molecule has 0 heterocycles. The van der Waals surface area contributed by atoms with Crippen LogP contribution in [0.5, 0.6) is 0 Å². The number of hydrogen-bond acceptors (Lipinski definition) is 3. The summed E-state index contributed by atoms with van der Waals surface area (Å²) >= 11 is 0. The Morgan fingerprint density at radius 1 is 1.58 bits per heavy atom. The highest BCUT2D eigenvalue weighted by molar-refractivity contribution is 5.74. The van der Waals surface area contributed by atoms with Crippen molar-refractivity contribution in [3.8, 4) is 0 Å². The highest BCUT2D eigenvalue weighted by atomic mass is 16.6. The van der Waals surface area contributed by atoms with Gasteiger partial charge in [-0.1, -0.05) is 13.3 Å². The van der Waals surface area contributed by atoms with Crippen molar-refractivity contribution in [2.24, 2.45) is 5.41 Å². The van der Waals surface area contributed by atoms with E-state index in [0.29, 0.717) is 6.42 Å². The Balaban J connectivity index is 4.08. The van der Waals surface area contributed by atoms with Gasteiger partial charge < -0.3 is 14.9 Å². The van der Waals surface area contributed by atoms with E-state index in [9.17, 15) is 4.79 Å². The van der Waals surface area contributed by atoms with Crippen molar-refractivity contribution < 1.29 is 19.7 Å². The van der Waals surface area contributed by atoms with Gasteiger partial charge in [0, 0.05) is 0 Å². The van der Waals surface area contributed by atoms with Crippen LogP contribution in [-0.2, 0) is 9.53 Å². The molecular formula is C8H16O4. The third kappa shape index (κ3) is 3.19. The Morgan fingerprint density at radius 2 is 2.17 bits per heavy atom. The molecule has 0 rings (SSSR count). The quantitative estimate of drug-likeness (QED) is 0.588. The van der Waals surface area contributed by atoms with Gasteiger partial charge in [-0.2, -0.15) is 0 Å². The molecule has 0 aromatic heterocycles. The molecule has 0 fully saturated rings. The molecule has 0 aromatic rings. The Morgan fingerprint density at radius 3 is 2.50 bits per heavy atom. The number of aliphatic hydroxyl groups is 1. The fourth-order valence-electron chi connectivity index (χ4n) is 1.06. The maximum atomic E-state index is 10.8. The number of hydrogen-bond donors (Lipinski definition) is 2. The molecule has 0 spiro atoms. The number of carbonyl (C=O) groups is 1. The summed E-state index contributed by atoms with van der Waals surface area (Å²) in [6.07, 6.45) is 1.35. The molecule has 0 aliphatic rings. The number of aliphatic carboxylic acids is 1. The van der Waals surface area contributed by atoms with Crippen LogP contribution in [0.1, 0.15) is 26.7 Å². The summed E-state index contributed by atoms with van der Waals surface area (Å²) in [5.74, 6) is -0.877. The van der Waals surface area contributed by atoms with E-state index in [1.807, 2.05) is 6.92 Å². The molecule has 0 amide bonds. The van der Waals surface area contributed by atoms with Crippen LogP contribution in [0, 0.1) is 5.41 Å². The van der Waals surface area contributed by atoms with Crippen molar-refractivity contribution in [1.82, 2.24) is 0 Å². The highest BCUT2D eigenvalue weighted by Crippen LogP contribution is 2.23. The fourth-order valence-corrected chi connectivity index (χ4v) is 1.06. The third-order valence-corrected chi connectivity index (χ3v) is 1.83. The Bertz CT molecular complexity index is 146. The van der Waals surface area contributed by atoms with E-state index in [4.69, 9.17) is 10.2 Å². The van der Waals surface area contributed by atoms with Crippen molar-refractivity contribution in [2.45, 2.75) is 26.7 Å². The first-order chi connectivity index (χ1) is 5.56. The molecule has 12 heavy (non-hydrogen) atoms. The third-order valence-electron chi connectivity index (χ3n) is 1.83. The zero-order chi connectivity index (χ0) is 9.61. The van der Waals surface area contributed by atoms with E-state index in [2.05, 4.69) is 4.74 Å². The van der Waals surface area contributed by atoms with E-state index in [1.54, 1.807) is 6.92 Å². The average Bonchev–Trinajstić information content (AvgIpc) is 2.01. The second kappa shape index (κ2) is 5.11. The van der Waals surface area contributed by atoms with Gasteiger partial charge in [-0.3, -0.25) is 4.79 Å². The summed E-state index contributed by atoms with van der Waals surface area (Å²) in [7, 11) is 0. The first-order valence-electron chi connectivity index (χ1n) is 3.99. The van der Waals surface area contributed by atoms with Crippen LogP contribution in [0.15, 0.2) is 0 Å². The minimum absolute atomic E-state index is 0.0622. The standard InChI is InChI=1S/C8H16O4/c1-3-4-8(2,7(10)11)5-12-6-9/h9H,3-6H2,1-2H3,(H,10,11). The lowest BCUT2D eigenvalue weighted by molar-refractivity contribution is -0.154. The minimum Gasteiger partial charge on any atom is -0.481 e. The van der Waals surface area contributed by atoms with Gasteiger partial charge in [0.1, 0.15) is 6.79 Å². The number of aliphatic hydroxyl groups excluding tert-OH is 1. The molecule has 1 unspecified atom stereocenters. The lowest BCUT2D eigenvalue weighted by Crippen LogP contribution is -2.32. The number of rotatable bonds is 6. The molecule has 0 bridgehead atoms. The smallest absolute Gasteiger partial charge is 0.311 e. The number of ether oxygens (including phenoxy) is 1. The van der Waals surface area contributed by atoms with Crippen molar-refractivity contribution in [3.05, 3.63) is 0 Å². The average molecular weight is 176 g/mol. The SMILES string of the molecule is CCCC(C)(COCO)C(=O)O. The molecule has 2 N–H and O–H groups in total. The van der Waals surface area contributed by atoms with Gasteiger partial charge in [-0.25, -0.2) is 0 Å². The Labute approximate surface area is 72.2 Å². The Kier molecular flexibility index (Phi) is 4.85. The summed E-state index contributed by atoms with van der Waals surface area (Å²) in [4.78, 5) is 10.8. The van der Waals surface area contributed by atoms with Gasteiger partial charge in [0.05, 0.1) is 12.0 Å². The van der Waals surface area contributed by atoms with Crippen LogP contribution in [0.3, 0.4) is 0 Å². The molecular weight excluding hydrogens is 160 g/mol. The molecule has 0 aromatic carbocycles. The van der Waals surface area contributed by atoms with E-state index in [-0.39, 0.29) is 6.61 Å². The van der Waals surface area contributed by atoms with Gasteiger partial charge in [-0.15, -0.1) is 0 Å². The number of carboxylic acid groups (broad SMARTS) is 1. The lowest BCUT2D eigenvalue weighted by Gasteiger charge is -2.23. The second-order valence-electron chi connectivity index (χ2n) is 3.09. The molecule has 0 radical (unpaired) electrons. The van der Waals surface area contributed by atoms with Crippen LogP contribution in [0.2, 0.25) is 0 Å². The monoisotopic (exact) mass is 176 g/mol. The predicted octanol–water partition coefficient (Wildman–Crippen LogP) is 0.844. The van der Waals surface area contributed by atoms with Gasteiger partial charge in [0.15, 0.2) is 0 Å². The summed E-state index contributed by atoms with van der Waals surface area (Å²) in [6, 6.07) is 0. The molecule has 1 atom stereocenters. The Hall–Kier alpha value is -0.610. The van der Waals surface area contributed by atoms with Crippen LogP contribution >= 0.6 is 0 Å². The summed E-state index contributed by atoms with van der Waals surface area (Å²) in [6.45, 7) is 3.17. The van der Waals surface area contributed by atoms with Crippen molar-refractivity contribution in [3.63, 3.8) is 0 Å². The van der Waals surface area contributed by atoms with E-state index in [0.717, 1.165) is 6.42 Å². The summed E-state index contributed by atoms with van der Waals surface area (Å²) in [5, 5.41) is 17.2. The van der Waals surface area contributed by atoms with Crippen LogP contribution in [0.4, 0.5) is 0 Å². The van der Waals surface area contributed by atoms with Crippen molar-refractivity contribution in [1.29, 1.82) is 0 Å². The van der Waals surface area contributed by atoms with E-state index < -0.39 is 18.2 Å². The molecule has 4 heteroatoms. The molecule has 0 saturated carbocycles. The van der Waals surface area contributed by atoms with E-state index in [1.165, 1.54) is 0 Å². The van der Waals surface area contributed by atoms with Gasteiger partial charge in [0.25, 0.3) is 0 Å². The predicted molar refractivity (Wildman–Crippen MR) is 43.7 cm³/mol. The van der Waals surface area contributed by atoms with Crippen LogP contribution < -0.4 is 0 Å². The topological polar surface area (TPSA) is 66.8 Å². The number of carboxylic acids is 1. The fraction of sp³-hybridized carbons (Fsp3) is 0.875. The molecule has 0 aliphatic carbocycles. The van der Waals surface area contributed by atoms with Crippen LogP contribution in [-0.4, -0.2) is 29.6 Å². The first-order valence-corrected chi connectivity index (χ1v) is 3.99. The maximum absolute atomic E-state index is 10.8. The maximum Gasteiger partial charge on any atom is 0.311 e. The molecule has 4 nitrogen and oxygen atoms in total. The van der Waals surface area contributed by atoms with Gasteiger partial charge in [0.2, 0.25) is 0 Å². The van der Waals surface area contributed by atoms with Crippen LogP contribution in [0.25, 0.3) is 0 Å². The van der Waals surface area contributed by atoms with Crippen molar-refractivity contribution in [2.75, 3.05) is 13.4 Å². The lowest BCUT2D eigenvalue weighted by atomic mass is 9.87. The molecule has 72 valence electrons. The summed E-state index contributed by atoms with van der Waals surface area (Å²) < 4.78 is 4.69. The molecule has 0 saturated heterocycles. The molecule has 0 aliphatic heterocycles.